The Morgan fingerprint density at radius 1 is 1.04 bits per heavy atom. The van der Waals surface area contributed by atoms with E-state index in [9.17, 15) is 9.50 Å². The van der Waals surface area contributed by atoms with E-state index in [0.29, 0.717) is 6.04 Å². The van der Waals surface area contributed by atoms with Crippen LogP contribution >= 0.6 is 0 Å². The molecule has 1 aliphatic rings. The van der Waals surface area contributed by atoms with Crippen molar-refractivity contribution in [2.24, 2.45) is 0 Å². The zero-order valence-corrected chi connectivity index (χ0v) is 14.3. The molecule has 5 nitrogen and oxygen atoms in total. The Labute approximate surface area is 151 Å². The molecule has 0 bridgehead atoms. The van der Waals surface area contributed by atoms with Gasteiger partial charge in [-0.1, -0.05) is 0 Å². The zero-order chi connectivity index (χ0) is 17.9. The number of benzene rings is 1. The highest BCUT2D eigenvalue weighted by molar-refractivity contribution is 5.81. The standard InChI is InChI=1S/C20H21FN4O/c21-15-3-1-13(2-4-15)20-18(12-23-25-20)14-9-10-22-19(11-14)24-16-5-7-17(26)8-6-16/h1-4,9-12,16-17,26H,5-8H2,(H,22,24)(H,23,25). The van der Waals surface area contributed by atoms with Crippen LogP contribution in [0.3, 0.4) is 0 Å². The van der Waals surface area contributed by atoms with Gasteiger partial charge in [0.1, 0.15) is 11.6 Å². The molecule has 2 aromatic heterocycles. The summed E-state index contributed by atoms with van der Waals surface area (Å²) in [5.74, 6) is 0.550. The van der Waals surface area contributed by atoms with Gasteiger partial charge >= 0.3 is 0 Å². The van der Waals surface area contributed by atoms with Gasteiger partial charge in [0.2, 0.25) is 0 Å². The van der Waals surface area contributed by atoms with Gasteiger partial charge in [0.15, 0.2) is 0 Å². The molecular weight excluding hydrogens is 331 g/mol. The molecule has 1 fully saturated rings. The normalized spacial score (nSPS) is 20.1. The largest absolute Gasteiger partial charge is 0.393 e. The molecule has 0 saturated heterocycles. The summed E-state index contributed by atoms with van der Waals surface area (Å²) in [5, 5.41) is 20.3. The van der Waals surface area contributed by atoms with E-state index in [2.05, 4.69) is 20.5 Å². The van der Waals surface area contributed by atoms with Crippen LogP contribution in [0, 0.1) is 5.82 Å². The van der Waals surface area contributed by atoms with E-state index in [1.165, 1.54) is 12.1 Å². The lowest BCUT2D eigenvalue weighted by Crippen LogP contribution is -2.28. The molecule has 26 heavy (non-hydrogen) atoms. The monoisotopic (exact) mass is 352 g/mol. The quantitative estimate of drug-likeness (QED) is 0.664. The van der Waals surface area contributed by atoms with Crippen LogP contribution in [-0.2, 0) is 0 Å². The first kappa shape index (κ1) is 16.7. The number of halogens is 1. The number of aliphatic hydroxyl groups excluding tert-OH is 1. The maximum Gasteiger partial charge on any atom is 0.126 e. The second kappa shape index (κ2) is 7.25. The molecule has 2 heterocycles. The average Bonchev–Trinajstić information content (AvgIpc) is 3.14. The van der Waals surface area contributed by atoms with Crippen molar-refractivity contribution in [3.8, 4) is 22.4 Å². The molecule has 4 rings (SSSR count). The fraction of sp³-hybridized carbons (Fsp3) is 0.300. The number of anilines is 1. The van der Waals surface area contributed by atoms with Crippen LogP contribution in [-0.4, -0.2) is 32.4 Å². The minimum Gasteiger partial charge on any atom is -0.393 e. The minimum absolute atomic E-state index is 0.170. The third-order valence-electron chi connectivity index (χ3n) is 4.88. The molecule has 3 N–H and O–H groups in total. The van der Waals surface area contributed by atoms with E-state index >= 15 is 0 Å². The molecule has 0 amide bonds. The Morgan fingerprint density at radius 3 is 2.58 bits per heavy atom. The van der Waals surface area contributed by atoms with Gasteiger partial charge in [-0.25, -0.2) is 9.37 Å². The first-order chi connectivity index (χ1) is 12.7. The first-order valence-corrected chi connectivity index (χ1v) is 8.90. The summed E-state index contributed by atoms with van der Waals surface area (Å²) in [7, 11) is 0. The Balaban J connectivity index is 1.57. The predicted octanol–water partition coefficient (Wildman–Crippen LogP) is 3.99. The molecule has 1 aliphatic carbocycles. The van der Waals surface area contributed by atoms with Crippen LogP contribution in [0.5, 0.6) is 0 Å². The lowest BCUT2D eigenvalue weighted by molar-refractivity contribution is 0.126. The number of nitrogens with one attached hydrogen (secondary N) is 2. The summed E-state index contributed by atoms with van der Waals surface area (Å²) in [4.78, 5) is 4.42. The summed E-state index contributed by atoms with van der Waals surface area (Å²) < 4.78 is 13.2. The van der Waals surface area contributed by atoms with Crippen LogP contribution in [0.4, 0.5) is 10.2 Å². The summed E-state index contributed by atoms with van der Waals surface area (Å²) in [5.41, 5.74) is 3.57. The number of rotatable bonds is 4. The van der Waals surface area contributed by atoms with Gasteiger partial charge in [-0.2, -0.15) is 5.10 Å². The second-order valence-electron chi connectivity index (χ2n) is 6.73. The SMILES string of the molecule is OC1CCC(Nc2cc(-c3c[nH]nc3-c3ccc(F)cc3)ccn2)CC1. The Kier molecular flexibility index (Phi) is 4.67. The Morgan fingerprint density at radius 2 is 1.81 bits per heavy atom. The van der Waals surface area contributed by atoms with Crippen LogP contribution in [0.1, 0.15) is 25.7 Å². The van der Waals surface area contributed by atoms with Gasteiger partial charge in [0.05, 0.1) is 11.8 Å². The zero-order valence-electron chi connectivity index (χ0n) is 14.3. The van der Waals surface area contributed by atoms with E-state index in [1.54, 1.807) is 18.3 Å². The molecule has 1 aromatic carbocycles. The second-order valence-corrected chi connectivity index (χ2v) is 6.73. The van der Waals surface area contributed by atoms with Crippen molar-refractivity contribution in [3.05, 3.63) is 54.6 Å². The topological polar surface area (TPSA) is 73.8 Å². The highest BCUT2D eigenvalue weighted by atomic mass is 19.1. The third-order valence-corrected chi connectivity index (χ3v) is 4.88. The highest BCUT2D eigenvalue weighted by Crippen LogP contribution is 2.31. The van der Waals surface area contributed by atoms with Gasteiger partial charge in [-0.3, -0.25) is 5.10 Å². The van der Waals surface area contributed by atoms with Crippen LogP contribution in [0.15, 0.2) is 48.8 Å². The minimum atomic E-state index is -0.265. The maximum absolute atomic E-state index is 13.2. The predicted molar refractivity (Wildman–Crippen MR) is 99.1 cm³/mol. The fourth-order valence-electron chi connectivity index (χ4n) is 3.44. The van der Waals surface area contributed by atoms with Crippen LogP contribution in [0.25, 0.3) is 22.4 Å². The number of hydrogen-bond acceptors (Lipinski definition) is 4. The molecular formula is C20H21FN4O. The molecule has 0 unspecified atom stereocenters. The molecule has 0 radical (unpaired) electrons. The fourth-order valence-corrected chi connectivity index (χ4v) is 3.44. The third kappa shape index (κ3) is 3.60. The van der Waals surface area contributed by atoms with E-state index in [-0.39, 0.29) is 11.9 Å². The Bertz CT molecular complexity index is 870. The number of aromatic nitrogens is 3. The summed E-state index contributed by atoms with van der Waals surface area (Å²) in [6.45, 7) is 0. The van der Waals surface area contributed by atoms with Gasteiger partial charge in [-0.05, 0) is 67.6 Å². The van der Waals surface area contributed by atoms with Crippen molar-refractivity contribution in [3.63, 3.8) is 0 Å². The van der Waals surface area contributed by atoms with E-state index in [4.69, 9.17) is 0 Å². The van der Waals surface area contributed by atoms with Gasteiger partial charge in [0, 0.05) is 29.6 Å². The molecule has 3 aromatic rings. The highest BCUT2D eigenvalue weighted by Gasteiger charge is 2.19. The van der Waals surface area contributed by atoms with E-state index in [0.717, 1.165) is 53.9 Å². The van der Waals surface area contributed by atoms with Crippen LogP contribution < -0.4 is 5.32 Å². The summed E-state index contributed by atoms with van der Waals surface area (Å²) in [6.07, 6.45) is 6.99. The van der Waals surface area contributed by atoms with Crippen molar-refractivity contribution in [2.45, 2.75) is 37.8 Å². The smallest absolute Gasteiger partial charge is 0.126 e. The lowest BCUT2D eigenvalue weighted by atomic mass is 9.93. The van der Waals surface area contributed by atoms with Crippen molar-refractivity contribution in [1.29, 1.82) is 0 Å². The lowest BCUT2D eigenvalue weighted by Gasteiger charge is -2.26. The van der Waals surface area contributed by atoms with Gasteiger partial charge < -0.3 is 10.4 Å². The van der Waals surface area contributed by atoms with Crippen LogP contribution in [0.2, 0.25) is 0 Å². The first-order valence-electron chi connectivity index (χ1n) is 8.90. The Hall–Kier alpha value is -2.73. The van der Waals surface area contributed by atoms with Crippen molar-refractivity contribution in [1.82, 2.24) is 15.2 Å². The number of nitrogens with zero attached hydrogens (tertiary/aromatic N) is 2. The molecule has 0 aliphatic heterocycles. The molecule has 0 spiro atoms. The van der Waals surface area contributed by atoms with E-state index < -0.39 is 0 Å². The summed E-state index contributed by atoms with van der Waals surface area (Å²) >= 11 is 0. The van der Waals surface area contributed by atoms with Crippen molar-refractivity contribution >= 4 is 5.82 Å². The molecule has 134 valence electrons. The number of H-pyrrole nitrogens is 1. The number of aliphatic hydroxyl groups is 1. The molecule has 6 heteroatoms. The van der Waals surface area contributed by atoms with Crippen molar-refractivity contribution in [2.75, 3.05) is 5.32 Å². The number of pyridine rings is 1. The number of hydrogen-bond donors (Lipinski definition) is 3. The van der Waals surface area contributed by atoms with Gasteiger partial charge in [-0.15, -0.1) is 0 Å². The number of aromatic amines is 1. The van der Waals surface area contributed by atoms with Gasteiger partial charge in [0.25, 0.3) is 0 Å². The summed E-state index contributed by atoms with van der Waals surface area (Å²) in [6, 6.07) is 10.6. The molecule has 1 saturated carbocycles. The average molecular weight is 352 g/mol. The maximum atomic E-state index is 13.2. The molecule has 0 atom stereocenters. The van der Waals surface area contributed by atoms with E-state index in [1.807, 2.05) is 18.3 Å². The van der Waals surface area contributed by atoms with Crippen molar-refractivity contribution < 1.29 is 9.50 Å².